The SMILES string of the molecule is CC1(C(=O)O)CCN(C(=O)c2cc(C3CC3)nc(C(F)(F)F)c2)CC1. The van der Waals surface area contributed by atoms with Crippen LogP contribution in [0.25, 0.3) is 0 Å². The molecule has 25 heavy (non-hydrogen) atoms. The summed E-state index contributed by atoms with van der Waals surface area (Å²) < 4.78 is 39.2. The van der Waals surface area contributed by atoms with Crippen molar-refractivity contribution >= 4 is 11.9 Å². The molecule has 136 valence electrons. The first-order valence-electron chi connectivity index (χ1n) is 8.22. The lowest BCUT2D eigenvalue weighted by molar-refractivity contribution is -0.150. The molecule has 8 heteroatoms. The number of aromatic nitrogens is 1. The maximum absolute atomic E-state index is 13.1. The zero-order valence-corrected chi connectivity index (χ0v) is 13.8. The third kappa shape index (κ3) is 3.62. The van der Waals surface area contributed by atoms with Crippen LogP contribution in [-0.2, 0) is 11.0 Å². The number of carbonyl (C=O) groups excluding carboxylic acids is 1. The van der Waals surface area contributed by atoms with Gasteiger partial charge in [0.05, 0.1) is 5.41 Å². The topological polar surface area (TPSA) is 70.5 Å². The lowest BCUT2D eigenvalue weighted by Gasteiger charge is -2.36. The van der Waals surface area contributed by atoms with Crippen LogP contribution in [0.1, 0.15) is 60.3 Å². The van der Waals surface area contributed by atoms with Gasteiger partial charge in [-0.1, -0.05) is 0 Å². The van der Waals surface area contributed by atoms with Crippen molar-refractivity contribution in [3.63, 3.8) is 0 Å². The number of rotatable bonds is 3. The average Bonchev–Trinajstić information content (AvgIpc) is 3.38. The summed E-state index contributed by atoms with van der Waals surface area (Å²) in [4.78, 5) is 29.0. The van der Waals surface area contributed by atoms with Crippen LogP contribution in [0.15, 0.2) is 12.1 Å². The molecule has 1 aliphatic carbocycles. The second kappa shape index (κ2) is 6.00. The summed E-state index contributed by atoms with van der Waals surface area (Å²) in [6, 6.07) is 2.24. The Bertz CT molecular complexity index is 706. The number of nitrogens with zero attached hydrogens (tertiary/aromatic N) is 2. The van der Waals surface area contributed by atoms with E-state index >= 15 is 0 Å². The Hall–Kier alpha value is -2.12. The van der Waals surface area contributed by atoms with Gasteiger partial charge in [-0.2, -0.15) is 13.2 Å². The highest BCUT2D eigenvalue weighted by Gasteiger charge is 2.40. The molecule has 1 N–H and O–H groups in total. The molecule has 2 aliphatic rings. The summed E-state index contributed by atoms with van der Waals surface area (Å²) in [6.45, 7) is 2.05. The van der Waals surface area contributed by atoms with Gasteiger partial charge in [-0.3, -0.25) is 9.59 Å². The van der Waals surface area contributed by atoms with Crippen LogP contribution in [0.5, 0.6) is 0 Å². The molecule has 2 heterocycles. The van der Waals surface area contributed by atoms with Gasteiger partial charge in [0.15, 0.2) is 0 Å². The van der Waals surface area contributed by atoms with Crippen LogP contribution in [0.3, 0.4) is 0 Å². The summed E-state index contributed by atoms with van der Waals surface area (Å²) in [5, 5.41) is 9.23. The largest absolute Gasteiger partial charge is 0.481 e. The number of pyridine rings is 1. The Balaban J connectivity index is 1.83. The normalized spacial score (nSPS) is 20.4. The van der Waals surface area contributed by atoms with Crippen LogP contribution < -0.4 is 0 Å². The molecule has 1 saturated heterocycles. The molecule has 5 nitrogen and oxygen atoms in total. The van der Waals surface area contributed by atoms with Gasteiger partial charge in [0.2, 0.25) is 0 Å². The predicted octanol–water partition coefficient (Wildman–Crippen LogP) is 3.30. The Morgan fingerprint density at radius 1 is 1.24 bits per heavy atom. The first kappa shape index (κ1) is 17.7. The fourth-order valence-corrected chi connectivity index (χ4v) is 3.01. The molecule has 0 radical (unpaired) electrons. The number of carbonyl (C=O) groups is 2. The van der Waals surface area contributed by atoms with Crippen molar-refractivity contribution < 1.29 is 27.9 Å². The Morgan fingerprint density at radius 2 is 1.84 bits per heavy atom. The number of alkyl halides is 3. The lowest BCUT2D eigenvalue weighted by Crippen LogP contribution is -2.45. The summed E-state index contributed by atoms with van der Waals surface area (Å²) in [5.41, 5.74) is -1.66. The summed E-state index contributed by atoms with van der Waals surface area (Å²) in [6.07, 6.45) is -2.49. The highest BCUT2D eigenvalue weighted by atomic mass is 19.4. The minimum absolute atomic E-state index is 0.00879. The molecular formula is C17H19F3N2O3. The van der Waals surface area contributed by atoms with E-state index in [9.17, 15) is 27.9 Å². The van der Waals surface area contributed by atoms with Crippen LogP contribution in [0, 0.1) is 5.41 Å². The number of likely N-dealkylation sites (tertiary alicyclic amines) is 1. The number of aliphatic carboxylic acids is 1. The molecule has 0 aromatic carbocycles. The highest BCUT2D eigenvalue weighted by molar-refractivity contribution is 5.94. The predicted molar refractivity (Wildman–Crippen MR) is 82.1 cm³/mol. The van der Waals surface area contributed by atoms with Crippen molar-refractivity contribution in [3.05, 3.63) is 29.1 Å². The standard InChI is InChI=1S/C17H19F3N2O3/c1-16(15(24)25)4-6-22(7-5-16)14(23)11-8-12(10-2-3-10)21-13(9-11)17(18,19)20/h8-10H,2-7H2,1H3,(H,24,25). The van der Waals surface area contributed by atoms with Gasteiger partial charge in [-0.15, -0.1) is 0 Å². The quantitative estimate of drug-likeness (QED) is 0.902. The van der Waals surface area contributed by atoms with Gasteiger partial charge in [-0.05, 0) is 44.7 Å². The van der Waals surface area contributed by atoms with Crippen molar-refractivity contribution in [2.45, 2.75) is 44.7 Å². The van der Waals surface area contributed by atoms with Crippen LogP contribution in [0.4, 0.5) is 13.2 Å². The second-order valence-corrected chi connectivity index (χ2v) is 7.10. The van der Waals surface area contributed by atoms with Crippen LogP contribution in [-0.4, -0.2) is 40.0 Å². The summed E-state index contributed by atoms with van der Waals surface area (Å²) >= 11 is 0. The molecule has 1 aromatic rings. The Morgan fingerprint density at radius 3 is 2.32 bits per heavy atom. The third-order valence-electron chi connectivity index (χ3n) is 5.05. The number of amides is 1. The average molecular weight is 356 g/mol. The molecule has 3 rings (SSSR count). The van der Waals surface area contributed by atoms with E-state index in [1.807, 2.05) is 0 Å². The zero-order chi connectivity index (χ0) is 18.4. The van der Waals surface area contributed by atoms with Gasteiger partial charge in [0.1, 0.15) is 5.69 Å². The maximum Gasteiger partial charge on any atom is 0.433 e. The third-order valence-corrected chi connectivity index (χ3v) is 5.05. The monoisotopic (exact) mass is 356 g/mol. The number of halogens is 3. The van der Waals surface area contributed by atoms with Gasteiger partial charge < -0.3 is 10.0 Å². The summed E-state index contributed by atoms with van der Waals surface area (Å²) in [5.74, 6) is -1.42. The van der Waals surface area contributed by atoms with E-state index in [0.29, 0.717) is 5.69 Å². The van der Waals surface area contributed by atoms with E-state index in [2.05, 4.69) is 4.98 Å². The van der Waals surface area contributed by atoms with Crippen molar-refractivity contribution in [2.24, 2.45) is 5.41 Å². The molecule has 0 bridgehead atoms. The van der Waals surface area contributed by atoms with E-state index < -0.39 is 29.2 Å². The van der Waals surface area contributed by atoms with E-state index in [4.69, 9.17) is 0 Å². The second-order valence-electron chi connectivity index (χ2n) is 7.10. The number of piperidine rings is 1. The maximum atomic E-state index is 13.1. The number of hydrogen-bond acceptors (Lipinski definition) is 3. The van der Waals surface area contributed by atoms with E-state index in [1.54, 1.807) is 6.92 Å². The Labute approximate surface area is 142 Å². The van der Waals surface area contributed by atoms with Crippen molar-refractivity contribution in [2.75, 3.05) is 13.1 Å². The van der Waals surface area contributed by atoms with E-state index in [1.165, 1.54) is 11.0 Å². The smallest absolute Gasteiger partial charge is 0.433 e. The molecule has 2 fully saturated rings. The van der Waals surface area contributed by atoms with Crippen molar-refractivity contribution in [3.8, 4) is 0 Å². The molecular weight excluding hydrogens is 337 g/mol. The minimum Gasteiger partial charge on any atom is -0.481 e. The molecule has 1 aliphatic heterocycles. The summed E-state index contributed by atoms with van der Waals surface area (Å²) in [7, 11) is 0. The molecule has 1 aromatic heterocycles. The van der Waals surface area contributed by atoms with Gasteiger partial charge in [0, 0.05) is 30.3 Å². The van der Waals surface area contributed by atoms with Gasteiger partial charge in [-0.25, -0.2) is 4.98 Å². The number of hydrogen-bond donors (Lipinski definition) is 1. The van der Waals surface area contributed by atoms with E-state index in [-0.39, 0.29) is 37.4 Å². The number of carboxylic acids is 1. The molecule has 0 unspecified atom stereocenters. The first-order valence-corrected chi connectivity index (χ1v) is 8.22. The molecule has 0 spiro atoms. The van der Waals surface area contributed by atoms with Crippen molar-refractivity contribution in [1.29, 1.82) is 0 Å². The molecule has 1 amide bonds. The van der Waals surface area contributed by atoms with Crippen LogP contribution >= 0.6 is 0 Å². The fraction of sp³-hybridized carbons (Fsp3) is 0.588. The minimum atomic E-state index is -4.61. The van der Waals surface area contributed by atoms with Crippen molar-refractivity contribution in [1.82, 2.24) is 9.88 Å². The highest BCUT2D eigenvalue weighted by Crippen LogP contribution is 2.41. The van der Waals surface area contributed by atoms with Gasteiger partial charge >= 0.3 is 12.1 Å². The van der Waals surface area contributed by atoms with Crippen LogP contribution in [0.2, 0.25) is 0 Å². The van der Waals surface area contributed by atoms with E-state index in [0.717, 1.165) is 18.9 Å². The zero-order valence-electron chi connectivity index (χ0n) is 13.8. The Kier molecular flexibility index (Phi) is 4.25. The molecule has 0 atom stereocenters. The number of carboxylic acid groups (broad SMARTS) is 1. The first-order chi connectivity index (χ1) is 11.6. The van der Waals surface area contributed by atoms with Gasteiger partial charge in [0.25, 0.3) is 5.91 Å². The lowest BCUT2D eigenvalue weighted by atomic mass is 9.80. The molecule has 1 saturated carbocycles. The fourth-order valence-electron chi connectivity index (χ4n) is 3.01.